The van der Waals surface area contributed by atoms with Crippen LogP contribution in [0.5, 0.6) is 5.75 Å². The molecule has 2 N–H and O–H groups in total. The molecular weight excluding hydrogens is 352 g/mol. The van der Waals surface area contributed by atoms with Crippen LogP contribution in [0, 0.1) is 0 Å². The van der Waals surface area contributed by atoms with E-state index in [0.29, 0.717) is 11.1 Å². The van der Waals surface area contributed by atoms with Gasteiger partial charge in [-0.25, -0.2) is 4.79 Å². The molecule has 1 unspecified atom stereocenters. The first-order valence-electron chi connectivity index (χ1n) is 9.15. The van der Waals surface area contributed by atoms with Crippen molar-refractivity contribution < 1.29 is 19.7 Å². The number of benzene rings is 2. The van der Waals surface area contributed by atoms with Crippen molar-refractivity contribution in [2.75, 3.05) is 0 Å². The molecule has 0 bridgehead atoms. The van der Waals surface area contributed by atoms with Crippen molar-refractivity contribution in [2.45, 2.75) is 32.3 Å². The second-order valence-corrected chi connectivity index (χ2v) is 7.35. The average Bonchev–Trinajstić information content (AvgIpc) is 2.66. The number of phenols is 1. The van der Waals surface area contributed by atoms with Crippen molar-refractivity contribution in [1.29, 1.82) is 0 Å². The van der Waals surface area contributed by atoms with Crippen molar-refractivity contribution in [3.05, 3.63) is 94.6 Å². The SMILES string of the molecule is CC1=C(C(C)(C)c2ccccc2)C=CC(OC(=O)O)C1=Cc1ccccc1O. The minimum atomic E-state index is -1.34. The molecule has 1 aliphatic rings. The fraction of sp³-hybridized carbons (Fsp3) is 0.208. The van der Waals surface area contributed by atoms with E-state index in [9.17, 15) is 9.90 Å². The number of rotatable bonds is 4. The van der Waals surface area contributed by atoms with Crippen molar-refractivity contribution in [3.8, 4) is 5.75 Å². The third kappa shape index (κ3) is 3.86. The lowest BCUT2D eigenvalue weighted by molar-refractivity contribution is 0.0805. The highest BCUT2D eigenvalue weighted by Gasteiger charge is 2.31. The molecule has 2 aromatic rings. The number of phenolic OH excluding ortho intramolecular Hbond substituents is 1. The average molecular weight is 376 g/mol. The summed E-state index contributed by atoms with van der Waals surface area (Å²) < 4.78 is 5.10. The van der Waals surface area contributed by atoms with Gasteiger partial charge in [-0.15, -0.1) is 0 Å². The van der Waals surface area contributed by atoms with Gasteiger partial charge in [0.05, 0.1) is 0 Å². The van der Waals surface area contributed by atoms with E-state index >= 15 is 0 Å². The third-order valence-electron chi connectivity index (χ3n) is 5.23. The number of allylic oxidation sites excluding steroid dienone is 2. The van der Waals surface area contributed by atoms with Crippen LogP contribution in [0.1, 0.15) is 31.9 Å². The number of carbonyl (C=O) groups is 1. The van der Waals surface area contributed by atoms with E-state index in [1.807, 2.05) is 37.3 Å². The molecule has 3 rings (SSSR count). The van der Waals surface area contributed by atoms with Crippen molar-refractivity contribution in [3.63, 3.8) is 0 Å². The summed E-state index contributed by atoms with van der Waals surface area (Å²) >= 11 is 0. The van der Waals surface area contributed by atoms with Crippen LogP contribution in [0.4, 0.5) is 4.79 Å². The summed E-state index contributed by atoms with van der Waals surface area (Å²) in [7, 11) is 0. The highest BCUT2D eigenvalue weighted by Crippen LogP contribution is 2.40. The maximum Gasteiger partial charge on any atom is 0.506 e. The van der Waals surface area contributed by atoms with E-state index in [-0.39, 0.29) is 11.2 Å². The predicted molar refractivity (Wildman–Crippen MR) is 110 cm³/mol. The minimum Gasteiger partial charge on any atom is -0.507 e. The maximum absolute atomic E-state index is 11.2. The molecule has 0 aromatic heterocycles. The molecule has 0 aliphatic heterocycles. The standard InChI is InChI=1S/C24H24O4/c1-16-19(15-17-9-7-8-12-21(17)25)22(28-23(26)27)14-13-20(16)24(2,3)18-10-5-4-6-11-18/h4-15,22,25H,1-3H3,(H,26,27). The Morgan fingerprint density at radius 2 is 1.71 bits per heavy atom. The first-order valence-corrected chi connectivity index (χ1v) is 9.15. The zero-order valence-corrected chi connectivity index (χ0v) is 16.2. The number of ether oxygens (including phenoxy) is 1. The summed E-state index contributed by atoms with van der Waals surface area (Å²) in [6.07, 6.45) is 3.43. The van der Waals surface area contributed by atoms with Crippen LogP contribution in [0.25, 0.3) is 6.08 Å². The lowest BCUT2D eigenvalue weighted by Crippen LogP contribution is -2.27. The van der Waals surface area contributed by atoms with Crippen LogP contribution in [-0.4, -0.2) is 22.5 Å². The van der Waals surface area contributed by atoms with Crippen LogP contribution in [0.2, 0.25) is 0 Å². The Balaban J connectivity index is 2.13. The molecule has 4 nitrogen and oxygen atoms in total. The van der Waals surface area contributed by atoms with Gasteiger partial charge in [-0.2, -0.15) is 0 Å². The van der Waals surface area contributed by atoms with Crippen molar-refractivity contribution in [1.82, 2.24) is 0 Å². The van der Waals surface area contributed by atoms with Crippen LogP contribution in [0.3, 0.4) is 0 Å². The maximum atomic E-state index is 11.2. The number of aromatic hydroxyl groups is 1. The van der Waals surface area contributed by atoms with Gasteiger partial charge in [0.1, 0.15) is 11.9 Å². The number of hydrogen-bond donors (Lipinski definition) is 2. The number of para-hydroxylation sites is 1. The quantitative estimate of drug-likeness (QED) is 0.672. The van der Waals surface area contributed by atoms with Gasteiger partial charge in [0.25, 0.3) is 0 Å². The Bertz CT molecular complexity index is 965. The predicted octanol–water partition coefficient (Wildman–Crippen LogP) is 5.70. The molecule has 0 spiro atoms. The summed E-state index contributed by atoms with van der Waals surface area (Å²) in [5, 5.41) is 19.3. The Kier molecular flexibility index (Phi) is 5.41. The summed E-state index contributed by atoms with van der Waals surface area (Å²) in [6, 6.07) is 17.1. The van der Waals surface area contributed by atoms with Crippen LogP contribution < -0.4 is 0 Å². The monoisotopic (exact) mass is 376 g/mol. The van der Waals surface area contributed by atoms with Crippen LogP contribution >= 0.6 is 0 Å². The third-order valence-corrected chi connectivity index (χ3v) is 5.23. The molecule has 28 heavy (non-hydrogen) atoms. The molecule has 0 saturated heterocycles. The molecule has 144 valence electrons. The van der Waals surface area contributed by atoms with E-state index in [2.05, 4.69) is 26.0 Å². The van der Waals surface area contributed by atoms with Crippen molar-refractivity contribution in [2.24, 2.45) is 0 Å². The van der Waals surface area contributed by atoms with Gasteiger partial charge in [-0.3, -0.25) is 0 Å². The van der Waals surface area contributed by atoms with E-state index in [1.54, 1.807) is 30.4 Å². The summed E-state index contributed by atoms with van der Waals surface area (Å²) in [5.74, 6) is 0.135. The Morgan fingerprint density at radius 3 is 2.36 bits per heavy atom. The highest BCUT2D eigenvalue weighted by molar-refractivity contribution is 5.69. The van der Waals surface area contributed by atoms with Gasteiger partial charge in [-0.1, -0.05) is 68.5 Å². The Hall–Kier alpha value is -3.27. The molecule has 1 atom stereocenters. The summed E-state index contributed by atoms with van der Waals surface area (Å²) in [6.45, 7) is 6.25. The summed E-state index contributed by atoms with van der Waals surface area (Å²) in [4.78, 5) is 11.2. The molecule has 0 amide bonds. The fourth-order valence-corrected chi connectivity index (χ4v) is 3.65. The zero-order chi connectivity index (χ0) is 20.3. The number of carboxylic acid groups (broad SMARTS) is 1. The summed E-state index contributed by atoms with van der Waals surface area (Å²) in [5.41, 5.74) is 4.21. The largest absolute Gasteiger partial charge is 0.507 e. The van der Waals surface area contributed by atoms with Gasteiger partial charge >= 0.3 is 6.16 Å². The van der Waals surface area contributed by atoms with Crippen molar-refractivity contribution >= 4 is 12.2 Å². The van der Waals surface area contributed by atoms with E-state index < -0.39 is 12.3 Å². The van der Waals surface area contributed by atoms with Gasteiger partial charge in [0.2, 0.25) is 0 Å². The van der Waals surface area contributed by atoms with Crippen LogP contribution in [-0.2, 0) is 10.2 Å². The molecule has 4 heteroatoms. The molecule has 2 aromatic carbocycles. The second kappa shape index (κ2) is 7.77. The Labute approximate surface area is 165 Å². The minimum absolute atomic E-state index is 0.135. The van der Waals surface area contributed by atoms with Crippen LogP contribution in [0.15, 0.2) is 83.5 Å². The lowest BCUT2D eigenvalue weighted by Gasteiger charge is -2.33. The first-order chi connectivity index (χ1) is 13.3. The Morgan fingerprint density at radius 1 is 1.07 bits per heavy atom. The normalized spacial score (nSPS) is 18.4. The molecule has 0 heterocycles. The van der Waals surface area contributed by atoms with E-state index in [4.69, 9.17) is 9.84 Å². The molecule has 0 fully saturated rings. The smallest absolute Gasteiger partial charge is 0.506 e. The molecule has 1 aliphatic carbocycles. The highest BCUT2D eigenvalue weighted by atomic mass is 16.7. The second-order valence-electron chi connectivity index (χ2n) is 7.35. The van der Waals surface area contributed by atoms with Gasteiger partial charge in [-0.05, 0) is 41.9 Å². The first kappa shape index (κ1) is 19.5. The zero-order valence-electron chi connectivity index (χ0n) is 16.2. The van der Waals surface area contributed by atoms with Gasteiger partial charge in [0.15, 0.2) is 0 Å². The fourth-order valence-electron chi connectivity index (χ4n) is 3.65. The van der Waals surface area contributed by atoms with E-state index in [1.165, 1.54) is 0 Å². The molecule has 0 radical (unpaired) electrons. The molecule has 0 saturated carbocycles. The topological polar surface area (TPSA) is 66.8 Å². The molecular formula is C24H24O4. The number of hydrogen-bond acceptors (Lipinski definition) is 3. The van der Waals surface area contributed by atoms with Gasteiger partial charge in [0, 0.05) is 16.6 Å². The lowest BCUT2D eigenvalue weighted by atomic mass is 9.72. The van der Waals surface area contributed by atoms with Gasteiger partial charge < -0.3 is 14.9 Å². The van der Waals surface area contributed by atoms with E-state index in [0.717, 1.165) is 16.7 Å².